The Hall–Kier alpha value is -2.45. The van der Waals surface area contributed by atoms with Crippen molar-refractivity contribution in [1.82, 2.24) is 20.0 Å². The molecule has 8 heteroatoms. The Morgan fingerprint density at radius 1 is 0.967 bits per heavy atom. The van der Waals surface area contributed by atoms with Crippen LogP contribution in [0, 0.1) is 6.92 Å². The van der Waals surface area contributed by atoms with E-state index in [0.29, 0.717) is 32.7 Å². The molecule has 1 heterocycles. The van der Waals surface area contributed by atoms with E-state index < -0.39 is 0 Å². The third kappa shape index (κ3) is 8.51. The van der Waals surface area contributed by atoms with E-state index in [1.54, 1.807) is 16.8 Å². The van der Waals surface area contributed by atoms with Crippen LogP contribution in [0.5, 0.6) is 0 Å². The minimum Gasteiger partial charge on any atom is -0.350 e. The van der Waals surface area contributed by atoms with Gasteiger partial charge in [0, 0.05) is 37.4 Å². The van der Waals surface area contributed by atoms with Gasteiger partial charge in [-0.15, -0.1) is 0 Å². The molecule has 3 amide bonds. The molecule has 0 spiro atoms. The van der Waals surface area contributed by atoms with Gasteiger partial charge in [0.25, 0.3) is 0 Å². The molecule has 166 valence electrons. The Labute approximate surface area is 179 Å². The second-order valence-electron chi connectivity index (χ2n) is 9.04. The molecule has 0 aromatic heterocycles. The minimum atomic E-state index is -0.288. The third-order valence-electron chi connectivity index (χ3n) is 4.76. The Bertz CT molecular complexity index is 734. The van der Waals surface area contributed by atoms with Gasteiger partial charge in [0.2, 0.25) is 17.7 Å². The summed E-state index contributed by atoms with van der Waals surface area (Å²) in [7, 11) is 1.77. The predicted octanol–water partition coefficient (Wildman–Crippen LogP) is 0.924. The first-order valence-electron chi connectivity index (χ1n) is 10.4. The number of carbonyl (C=O) groups excluding carboxylic acids is 3. The van der Waals surface area contributed by atoms with Crippen molar-refractivity contribution in [1.29, 1.82) is 0 Å². The molecule has 8 nitrogen and oxygen atoms in total. The molecular weight excluding hydrogens is 382 g/mol. The minimum absolute atomic E-state index is 0.00446. The maximum Gasteiger partial charge on any atom is 0.238 e. The van der Waals surface area contributed by atoms with Crippen LogP contribution < -0.4 is 10.6 Å². The fourth-order valence-electron chi connectivity index (χ4n) is 3.29. The molecule has 1 aromatic rings. The standard InChI is InChI=1S/C22H35N5O3/c1-17-6-8-18(9-7-17)23-19(28)15-26-10-12-27(13-11-26)21(30)16-25(5)14-20(29)24-22(2,3)4/h6-9H,10-16H2,1-5H3,(H,23,28)(H,24,29). The molecule has 1 fully saturated rings. The van der Waals surface area contributed by atoms with E-state index in [4.69, 9.17) is 0 Å². The van der Waals surface area contributed by atoms with E-state index in [2.05, 4.69) is 10.6 Å². The van der Waals surface area contributed by atoms with Gasteiger partial charge in [-0.1, -0.05) is 17.7 Å². The van der Waals surface area contributed by atoms with Crippen molar-refractivity contribution < 1.29 is 14.4 Å². The average molecular weight is 418 g/mol. The number of nitrogens with zero attached hydrogens (tertiary/aromatic N) is 3. The Morgan fingerprint density at radius 2 is 1.57 bits per heavy atom. The number of rotatable bonds is 7. The molecule has 1 saturated heterocycles. The number of amides is 3. The van der Waals surface area contributed by atoms with E-state index in [-0.39, 0.29) is 36.3 Å². The number of aryl methyl sites for hydroxylation is 1. The highest BCUT2D eigenvalue weighted by atomic mass is 16.2. The predicted molar refractivity (Wildman–Crippen MR) is 118 cm³/mol. The monoisotopic (exact) mass is 417 g/mol. The molecule has 0 aliphatic carbocycles. The lowest BCUT2D eigenvalue weighted by Gasteiger charge is -2.35. The van der Waals surface area contributed by atoms with E-state index in [1.165, 1.54) is 0 Å². The van der Waals surface area contributed by atoms with Crippen LogP contribution >= 0.6 is 0 Å². The molecule has 0 atom stereocenters. The zero-order valence-corrected chi connectivity index (χ0v) is 18.8. The smallest absolute Gasteiger partial charge is 0.238 e. The lowest BCUT2D eigenvalue weighted by Crippen LogP contribution is -2.53. The zero-order valence-electron chi connectivity index (χ0n) is 18.8. The summed E-state index contributed by atoms with van der Waals surface area (Å²) in [6.45, 7) is 10.9. The van der Waals surface area contributed by atoms with Gasteiger partial charge in [0.1, 0.15) is 0 Å². The number of anilines is 1. The number of hydrogen-bond acceptors (Lipinski definition) is 5. The van der Waals surface area contributed by atoms with Gasteiger partial charge in [0.05, 0.1) is 19.6 Å². The van der Waals surface area contributed by atoms with Crippen LogP contribution in [0.4, 0.5) is 5.69 Å². The molecular formula is C22H35N5O3. The molecule has 2 N–H and O–H groups in total. The van der Waals surface area contributed by atoms with Crippen LogP contribution in [0.25, 0.3) is 0 Å². The second-order valence-corrected chi connectivity index (χ2v) is 9.04. The highest BCUT2D eigenvalue weighted by molar-refractivity contribution is 5.92. The number of hydrogen-bond donors (Lipinski definition) is 2. The summed E-state index contributed by atoms with van der Waals surface area (Å²) in [5.41, 5.74) is 1.65. The van der Waals surface area contributed by atoms with Crippen LogP contribution in [0.2, 0.25) is 0 Å². The molecule has 0 saturated carbocycles. The van der Waals surface area contributed by atoms with Crippen LogP contribution in [0.1, 0.15) is 26.3 Å². The first-order valence-corrected chi connectivity index (χ1v) is 10.4. The van der Waals surface area contributed by atoms with Crippen molar-refractivity contribution in [3.63, 3.8) is 0 Å². The van der Waals surface area contributed by atoms with Crippen molar-refractivity contribution in [3.05, 3.63) is 29.8 Å². The molecule has 1 aromatic carbocycles. The van der Waals surface area contributed by atoms with Crippen molar-refractivity contribution in [2.75, 3.05) is 58.2 Å². The van der Waals surface area contributed by atoms with E-state index in [1.807, 2.05) is 56.9 Å². The maximum atomic E-state index is 12.5. The van der Waals surface area contributed by atoms with Gasteiger partial charge in [-0.2, -0.15) is 0 Å². The molecule has 30 heavy (non-hydrogen) atoms. The number of piperazine rings is 1. The molecule has 1 aliphatic rings. The fourth-order valence-corrected chi connectivity index (χ4v) is 3.29. The van der Waals surface area contributed by atoms with E-state index >= 15 is 0 Å². The van der Waals surface area contributed by atoms with Gasteiger partial charge in [0.15, 0.2) is 0 Å². The van der Waals surface area contributed by atoms with E-state index in [9.17, 15) is 14.4 Å². The highest BCUT2D eigenvalue weighted by Gasteiger charge is 2.24. The van der Waals surface area contributed by atoms with E-state index in [0.717, 1.165) is 11.3 Å². The van der Waals surface area contributed by atoms with Crippen LogP contribution in [-0.4, -0.2) is 90.8 Å². The van der Waals surface area contributed by atoms with Gasteiger partial charge < -0.3 is 15.5 Å². The lowest BCUT2D eigenvalue weighted by atomic mass is 10.1. The summed E-state index contributed by atoms with van der Waals surface area (Å²) in [6, 6.07) is 7.71. The third-order valence-corrected chi connectivity index (χ3v) is 4.76. The maximum absolute atomic E-state index is 12.5. The molecule has 1 aliphatic heterocycles. The topological polar surface area (TPSA) is 85.0 Å². The summed E-state index contributed by atoms with van der Waals surface area (Å²) in [6.07, 6.45) is 0. The number of likely N-dealkylation sites (N-methyl/N-ethyl adjacent to an activating group) is 1. The van der Waals surface area contributed by atoms with Crippen molar-refractivity contribution in [3.8, 4) is 0 Å². The van der Waals surface area contributed by atoms with Crippen LogP contribution in [0.3, 0.4) is 0 Å². The fraction of sp³-hybridized carbons (Fsp3) is 0.591. The van der Waals surface area contributed by atoms with Crippen molar-refractivity contribution >= 4 is 23.4 Å². The molecule has 0 radical (unpaired) electrons. The molecule has 0 bridgehead atoms. The number of carbonyl (C=O) groups is 3. The first kappa shape index (κ1) is 23.8. The van der Waals surface area contributed by atoms with Gasteiger partial charge >= 0.3 is 0 Å². The van der Waals surface area contributed by atoms with Crippen LogP contribution in [-0.2, 0) is 14.4 Å². The summed E-state index contributed by atoms with van der Waals surface area (Å²) in [5, 5.41) is 5.80. The normalized spacial score (nSPS) is 15.2. The number of benzene rings is 1. The highest BCUT2D eigenvalue weighted by Crippen LogP contribution is 2.09. The Morgan fingerprint density at radius 3 is 2.13 bits per heavy atom. The second kappa shape index (κ2) is 10.5. The Kier molecular flexibility index (Phi) is 8.37. The summed E-state index contributed by atoms with van der Waals surface area (Å²) >= 11 is 0. The molecule has 0 unspecified atom stereocenters. The first-order chi connectivity index (χ1) is 14.0. The SMILES string of the molecule is Cc1ccc(NC(=O)CN2CCN(C(=O)CN(C)CC(=O)NC(C)(C)C)CC2)cc1. The van der Waals surface area contributed by atoms with Gasteiger partial charge in [-0.05, 0) is 46.9 Å². The summed E-state index contributed by atoms with van der Waals surface area (Å²) in [4.78, 5) is 42.4. The lowest BCUT2D eigenvalue weighted by molar-refractivity contribution is -0.134. The number of nitrogens with one attached hydrogen (secondary N) is 2. The summed E-state index contributed by atoms with van der Waals surface area (Å²) < 4.78 is 0. The van der Waals surface area contributed by atoms with Crippen molar-refractivity contribution in [2.45, 2.75) is 33.2 Å². The zero-order chi connectivity index (χ0) is 22.3. The summed E-state index contributed by atoms with van der Waals surface area (Å²) in [5.74, 6) is -0.143. The van der Waals surface area contributed by atoms with Crippen LogP contribution in [0.15, 0.2) is 24.3 Å². The quantitative estimate of drug-likeness (QED) is 0.689. The van der Waals surface area contributed by atoms with Gasteiger partial charge in [-0.25, -0.2) is 0 Å². The van der Waals surface area contributed by atoms with Gasteiger partial charge in [-0.3, -0.25) is 24.2 Å². The Balaban J connectivity index is 1.70. The molecule has 2 rings (SSSR count). The largest absolute Gasteiger partial charge is 0.350 e. The average Bonchev–Trinajstić information content (AvgIpc) is 2.62. The van der Waals surface area contributed by atoms with Crippen molar-refractivity contribution in [2.24, 2.45) is 0 Å².